The second-order valence-electron chi connectivity index (χ2n) is 13.7. The fourth-order valence-electron chi connectivity index (χ4n) is 5.80. The first-order chi connectivity index (χ1) is 23.9. The number of carbonyl (C=O) groups is 3. The number of rotatable bonds is 36. The molecule has 2 atom stereocenters. The van der Waals surface area contributed by atoms with Crippen LogP contribution in [0.4, 0.5) is 0 Å². The minimum absolute atomic E-state index is 0.0976. The molecule has 0 aromatic rings. The van der Waals surface area contributed by atoms with Crippen LogP contribution in [0.3, 0.4) is 0 Å². The number of unbranched alkanes of at least 4 members (excludes halogenated alkanes) is 18. The molecule has 0 bridgehead atoms. The van der Waals surface area contributed by atoms with E-state index < -0.39 is 12.0 Å². The third-order valence-electron chi connectivity index (χ3n) is 8.91. The monoisotopic (exact) mass is 689 g/mol. The van der Waals surface area contributed by atoms with E-state index >= 15 is 0 Å². The largest absolute Gasteiger partial charge is 0.480 e. The second kappa shape index (κ2) is 36.9. The highest BCUT2D eigenvalue weighted by Crippen LogP contribution is 2.15. The summed E-state index contributed by atoms with van der Waals surface area (Å²) < 4.78 is 5.87. The average Bonchev–Trinajstić information content (AvgIpc) is 3.08. The Morgan fingerprint density at radius 1 is 0.612 bits per heavy atom. The van der Waals surface area contributed by atoms with Crippen LogP contribution < -0.4 is 11.1 Å². The summed E-state index contributed by atoms with van der Waals surface area (Å²) in [5.74, 6) is -1.34. The lowest BCUT2D eigenvalue weighted by Gasteiger charge is -2.15. The predicted molar refractivity (Wildman–Crippen MR) is 207 cm³/mol. The first-order valence-electron chi connectivity index (χ1n) is 20.3. The summed E-state index contributed by atoms with van der Waals surface area (Å²) in [5, 5.41) is 11.9. The third-order valence-corrected chi connectivity index (χ3v) is 8.91. The van der Waals surface area contributed by atoms with Gasteiger partial charge in [0.1, 0.15) is 12.1 Å². The number of ether oxygens (including phenoxy) is 1. The van der Waals surface area contributed by atoms with Crippen LogP contribution in [-0.2, 0) is 19.1 Å². The van der Waals surface area contributed by atoms with Crippen LogP contribution >= 0.6 is 0 Å². The van der Waals surface area contributed by atoms with Gasteiger partial charge in [-0.2, -0.15) is 0 Å². The van der Waals surface area contributed by atoms with Gasteiger partial charge in [-0.3, -0.25) is 9.59 Å². The molecule has 0 fully saturated rings. The number of carbonyl (C=O) groups excluding carboxylic acids is 2. The van der Waals surface area contributed by atoms with Crippen LogP contribution in [0.15, 0.2) is 36.5 Å². The van der Waals surface area contributed by atoms with E-state index in [1.165, 1.54) is 89.9 Å². The molecule has 0 aromatic carbocycles. The highest BCUT2D eigenvalue weighted by molar-refractivity contribution is 5.83. The molecule has 0 spiro atoms. The molecule has 0 aromatic heterocycles. The molecule has 4 N–H and O–H groups in total. The molecule has 0 saturated carbocycles. The van der Waals surface area contributed by atoms with Crippen molar-refractivity contribution in [2.75, 3.05) is 6.54 Å². The number of nitrogens with one attached hydrogen (secondary N) is 1. The first kappa shape index (κ1) is 46.6. The van der Waals surface area contributed by atoms with Crippen molar-refractivity contribution in [3.8, 4) is 0 Å². The van der Waals surface area contributed by atoms with Crippen LogP contribution in [-0.4, -0.2) is 41.6 Å². The Hall–Kier alpha value is -2.41. The standard InChI is InChI=1S/C42H76N2O5/c1-3-5-7-9-10-11-12-13-14-15-16-17-18-19-20-21-22-24-30-36-41(46)49-38(32-27-23-8-6-4-2)33-28-25-26-29-35-40(45)44-39(42(47)48)34-31-37-43/h10-11,13-14,27,32,38-39H,3-9,12,15-26,28-31,33-37,43H2,1-2H3,(H,44,45)(H,47,48)/b11-10-,14-13-,32-27-. The summed E-state index contributed by atoms with van der Waals surface area (Å²) >= 11 is 0. The van der Waals surface area contributed by atoms with Gasteiger partial charge < -0.3 is 20.9 Å². The topological polar surface area (TPSA) is 119 Å². The Bertz CT molecular complexity index is 869. The molecule has 0 radical (unpaired) electrons. The zero-order chi connectivity index (χ0) is 36.0. The number of esters is 1. The summed E-state index contributed by atoms with van der Waals surface area (Å²) in [4.78, 5) is 36.1. The Balaban J connectivity index is 4.06. The molecule has 0 aliphatic rings. The molecular formula is C42H76N2O5. The van der Waals surface area contributed by atoms with Crippen molar-refractivity contribution in [1.29, 1.82) is 0 Å². The van der Waals surface area contributed by atoms with Gasteiger partial charge in [-0.15, -0.1) is 0 Å². The van der Waals surface area contributed by atoms with Crippen molar-refractivity contribution in [2.45, 2.75) is 206 Å². The van der Waals surface area contributed by atoms with Crippen LogP contribution in [0.2, 0.25) is 0 Å². The van der Waals surface area contributed by atoms with Crippen molar-refractivity contribution in [3.05, 3.63) is 36.5 Å². The molecule has 2 unspecified atom stereocenters. The SMILES string of the molecule is CCCCC/C=C\C/C=C\CCCCCCCCCCCC(=O)OC(/C=C\CCCCC)CCCCCCC(=O)NC(CCCN)C(=O)O. The lowest BCUT2D eigenvalue weighted by Crippen LogP contribution is -2.40. The minimum atomic E-state index is -1.02. The van der Waals surface area contributed by atoms with Gasteiger partial charge in [-0.25, -0.2) is 4.79 Å². The van der Waals surface area contributed by atoms with E-state index in [1.54, 1.807) is 0 Å². The summed E-state index contributed by atoms with van der Waals surface area (Å²) in [6, 6.07) is -0.869. The van der Waals surface area contributed by atoms with Gasteiger partial charge in [0.05, 0.1) is 0 Å². The number of aliphatic carboxylic acids is 1. The van der Waals surface area contributed by atoms with Crippen LogP contribution in [0.1, 0.15) is 194 Å². The van der Waals surface area contributed by atoms with E-state index in [0.29, 0.717) is 38.6 Å². The smallest absolute Gasteiger partial charge is 0.326 e. The van der Waals surface area contributed by atoms with Crippen molar-refractivity contribution in [3.63, 3.8) is 0 Å². The number of carboxylic acids is 1. The van der Waals surface area contributed by atoms with Gasteiger partial charge in [0.15, 0.2) is 0 Å². The van der Waals surface area contributed by atoms with Crippen molar-refractivity contribution < 1.29 is 24.2 Å². The Morgan fingerprint density at radius 3 is 1.69 bits per heavy atom. The van der Waals surface area contributed by atoms with E-state index in [0.717, 1.165) is 57.8 Å². The molecule has 0 aliphatic carbocycles. The Labute approximate surface area is 301 Å². The Morgan fingerprint density at radius 2 is 1.12 bits per heavy atom. The summed E-state index contributed by atoms with van der Waals surface area (Å²) in [6.07, 6.45) is 42.2. The summed E-state index contributed by atoms with van der Waals surface area (Å²) in [6.45, 7) is 4.85. The lowest BCUT2D eigenvalue weighted by molar-refractivity contribution is -0.147. The molecule has 284 valence electrons. The fraction of sp³-hybridized carbons (Fsp3) is 0.786. The maximum absolute atomic E-state index is 12.6. The van der Waals surface area contributed by atoms with Crippen LogP contribution in [0.25, 0.3) is 0 Å². The van der Waals surface area contributed by atoms with E-state index in [2.05, 4.69) is 55.6 Å². The van der Waals surface area contributed by atoms with Gasteiger partial charge in [0, 0.05) is 12.8 Å². The van der Waals surface area contributed by atoms with E-state index in [4.69, 9.17) is 10.5 Å². The molecule has 7 heteroatoms. The normalized spacial score (nSPS) is 13.0. The van der Waals surface area contributed by atoms with Crippen molar-refractivity contribution >= 4 is 17.8 Å². The van der Waals surface area contributed by atoms with Gasteiger partial charge in [0.25, 0.3) is 0 Å². The van der Waals surface area contributed by atoms with Gasteiger partial charge in [-0.05, 0) is 96.1 Å². The third kappa shape index (κ3) is 33.8. The number of hydrogen-bond donors (Lipinski definition) is 3. The van der Waals surface area contributed by atoms with E-state index in [9.17, 15) is 19.5 Å². The molecule has 0 aliphatic heterocycles. The molecule has 1 amide bonds. The maximum Gasteiger partial charge on any atom is 0.326 e. The highest BCUT2D eigenvalue weighted by atomic mass is 16.5. The number of allylic oxidation sites excluding steroid dienone is 5. The van der Waals surface area contributed by atoms with Crippen LogP contribution in [0, 0.1) is 0 Å². The quantitative estimate of drug-likeness (QED) is 0.0342. The first-order valence-corrected chi connectivity index (χ1v) is 20.3. The minimum Gasteiger partial charge on any atom is -0.480 e. The van der Waals surface area contributed by atoms with Crippen molar-refractivity contribution in [1.82, 2.24) is 5.32 Å². The summed E-state index contributed by atoms with van der Waals surface area (Å²) in [7, 11) is 0. The zero-order valence-corrected chi connectivity index (χ0v) is 31.8. The van der Waals surface area contributed by atoms with E-state index in [1.807, 2.05) is 0 Å². The molecule has 0 rings (SSSR count). The zero-order valence-electron chi connectivity index (χ0n) is 31.8. The highest BCUT2D eigenvalue weighted by Gasteiger charge is 2.19. The molecule has 0 heterocycles. The number of hydrogen-bond acceptors (Lipinski definition) is 5. The fourth-order valence-corrected chi connectivity index (χ4v) is 5.80. The number of nitrogens with two attached hydrogens (primary N) is 1. The lowest BCUT2D eigenvalue weighted by atomic mass is 10.1. The Kier molecular flexibility index (Phi) is 35.0. The van der Waals surface area contributed by atoms with E-state index in [-0.39, 0.29) is 18.0 Å². The van der Waals surface area contributed by atoms with Gasteiger partial charge >= 0.3 is 11.9 Å². The average molecular weight is 689 g/mol. The molecule has 0 saturated heterocycles. The predicted octanol–water partition coefficient (Wildman–Crippen LogP) is 11.1. The van der Waals surface area contributed by atoms with Gasteiger partial charge in [-0.1, -0.05) is 128 Å². The number of amides is 1. The summed E-state index contributed by atoms with van der Waals surface area (Å²) in [5.41, 5.74) is 5.47. The van der Waals surface area contributed by atoms with Crippen LogP contribution in [0.5, 0.6) is 0 Å². The van der Waals surface area contributed by atoms with Crippen molar-refractivity contribution in [2.24, 2.45) is 5.73 Å². The second-order valence-corrected chi connectivity index (χ2v) is 13.7. The maximum atomic E-state index is 12.6. The molecular weight excluding hydrogens is 612 g/mol. The van der Waals surface area contributed by atoms with Gasteiger partial charge in [0.2, 0.25) is 5.91 Å². The number of carboxylic acid groups (broad SMARTS) is 1. The molecule has 7 nitrogen and oxygen atoms in total. The molecule has 49 heavy (non-hydrogen) atoms.